The summed E-state index contributed by atoms with van der Waals surface area (Å²) in [4.78, 5) is 91.1. The van der Waals surface area contributed by atoms with E-state index in [4.69, 9.17) is 99.5 Å². The van der Waals surface area contributed by atoms with Crippen LogP contribution in [0, 0.1) is 0 Å². The molecule has 0 aromatic rings. The number of carbonyl (C=O) groups is 7. The molecule has 0 aromatic carbocycles. The molecule has 0 spiro atoms. The van der Waals surface area contributed by atoms with Crippen molar-refractivity contribution in [1.29, 1.82) is 0 Å². The van der Waals surface area contributed by atoms with Crippen LogP contribution < -0.4 is 26.6 Å². The summed E-state index contributed by atoms with van der Waals surface area (Å²) in [6.07, 6.45) is -117. The van der Waals surface area contributed by atoms with E-state index in [-0.39, 0.29) is 0 Å². The monoisotopic (exact) mass is 2180 g/mol. The Morgan fingerprint density at radius 1 is 0.282 bits per heavy atom. The van der Waals surface area contributed by atoms with Crippen molar-refractivity contribution in [2.24, 2.45) is 0 Å². The van der Waals surface area contributed by atoms with E-state index in [1.54, 1.807) is 0 Å². The number of carboxylic acids is 2. The standard InChI is InChI=1S/C82H135N5O62/c1-19(97)83-37-52(116)60(31(13-93)131-70(37)124)140-72-39(85-21(3)99)54(118)62(33(15-95)135-72)142-75-58(122)64(144-78-69(57(121)47(111)29(11-91)134-78)146-74-40(86-22(4)100)53(117)61(32(14-94)136-74)141-71-38(84-20(2)98)51(115)48(112)36(138-71)18-130-81(79(125)126)6-24(102)42(106)65(147-81)44(108)26(104)8-88)50(114)35(139-75)17-129-77-68(56(120)46(110)28(10-90)133-77)145-73-41(87-23(5)101)55(119)63(34(16-96)137-73)143-76-59(123)67(49(113)30(12-92)132-76)149-82(80(127)128)7-25(103)43(107)66(148-82)45(109)27(105)9-89/h24-78,88-96,102-124H,6-18H2,1-5H3,(H,83,97)(H,84,98)(H,85,99)(H,86,100)(H,87,101)(H,125,126)(H,127,128)/t24-,25-,26+,27+,28+,29+,30+,31+,32+,33+,34+,35+,36+,37+,38+,39+,40+,41+,42+,43+,44+,45+,46+,47+,48-,49-,50+,51+,52+,53+,54+,55+,56-,57-,58-,59+,60+,61+,62+,63+,64-,65+,66+,67-,68-,69-,70+,71-,72-,73-,74-,75-,76-,77-,78+,81+,82-/m0/s1. The molecule has 0 aromatic heterocycles. The van der Waals surface area contributed by atoms with Crippen molar-refractivity contribution in [3.8, 4) is 0 Å². The normalized spacial score (nSPS) is 46.8. The lowest BCUT2D eigenvalue weighted by Gasteiger charge is -2.51. The summed E-state index contributed by atoms with van der Waals surface area (Å²) >= 11 is 0. The van der Waals surface area contributed by atoms with Gasteiger partial charge in [-0.2, -0.15) is 0 Å². The van der Waals surface area contributed by atoms with Crippen LogP contribution in [-0.4, -0.2) is 636 Å². The molecule has 0 radical (unpaired) electrons. The van der Waals surface area contributed by atoms with Crippen molar-refractivity contribution in [1.82, 2.24) is 26.6 Å². The number of nitrogens with one attached hydrogen (secondary N) is 5. The molecule has 11 saturated heterocycles. The van der Waals surface area contributed by atoms with E-state index < -0.39 is 476 Å². The predicted octanol–water partition coefficient (Wildman–Crippen LogP) is -25.8. The van der Waals surface area contributed by atoms with Gasteiger partial charge in [0.25, 0.3) is 11.6 Å². The van der Waals surface area contributed by atoms with Crippen LogP contribution >= 0.6 is 0 Å². The number of carboxylic acid groups (broad SMARTS) is 2. The lowest BCUT2D eigenvalue weighted by atomic mass is 9.90. The van der Waals surface area contributed by atoms with Crippen molar-refractivity contribution in [3.63, 3.8) is 0 Å². The number of hydrogen-bond donors (Lipinski definition) is 39. The molecule has 11 fully saturated rings. The molecule has 11 aliphatic rings. The Kier molecular flexibility index (Phi) is 43.9. The number of hydrogen-bond acceptors (Lipinski definition) is 60. The van der Waals surface area contributed by atoms with Gasteiger partial charge in [0, 0.05) is 47.5 Å². The third-order valence-electron chi connectivity index (χ3n) is 26.9. The minimum absolute atomic E-state index is 0.839. The Balaban J connectivity index is 0.908. The van der Waals surface area contributed by atoms with Crippen molar-refractivity contribution < 1.29 is 307 Å². The minimum atomic E-state index is -3.34. The molecular weight excluding hydrogens is 2050 g/mol. The van der Waals surface area contributed by atoms with Crippen LogP contribution in [0.2, 0.25) is 0 Å². The highest BCUT2D eigenvalue weighted by molar-refractivity contribution is 5.77. The quantitative estimate of drug-likeness (QED) is 0.0270. The van der Waals surface area contributed by atoms with E-state index in [0.717, 1.165) is 34.6 Å². The maximum atomic E-state index is 13.4. The van der Waals surface area contributed by atoms with Crippen LogP contribution in [0.1, 0.15) is 47.5 Å². The van der Waals surface area contributed by atoms with Crippen molar-refractivity contribution in [2.75, 3.05) is 72.7 Å². The van der Waals surface area contributed by atoms with Gasteiger partial charge < -0.3 is 300 Å². The van der Waals surface area contributed by atoms with Gasteiger partial charge in [-0.1, -0.05) is 0 Å². The van der Waals surface area contributed by atoms with Crippen molar-refractivity contribution >= 4 is 41.5 Å². The lowest BCUT2D eigenvalue weighted by Crippen LogP contribution is -2.71. The average Bonchev–Trinajstić information content (AvgIpc) is 0.733. The van der Waals surface area contributed by atoms with E-state index in [0.29, 0.717) is 0 Å². The number of amides is 5. The third-order valence-corrected chi connectivity index (χ3v) is 26.9. The highest BCUT2D eigenvalue weighted by atomic mass is 16.8. The number of carbonyl (C=O) groups excluding carboxylic acids is 5. The molecule has 0 saturated carbocycles. The van der Waals surface area contributed by atoms with Crippen LogP contribution in [0.3, 0.4) is 0 Å². The molecule has 0 bridgehead atoms. The second-order valence-corrected chi connectivity index (χ2v) is 37.4. The second-order valence-electron chi connectivity index (χ2n) is 37.4. The molecule has 57 atom stereocenters. The topological polar surface area (TPSA) is 1060 Å². The summed E-state index contributed by atoms with van der Waals surface area (Å²) in [5.74, 6) is -15.8. The summed E-state index contributed by atoms with van der Waals surface area (Å²) in [5, 5.41) is 392. The van der Waals surface area contributed by atoms with E-state index in [1.807, 2.05) is 0 Å². The van der Waals surface area contributed by atoms with Gasteiger partial charge in [-0.25, -0.2) is 9.59 Å². The van der Waals surface area contributed by atoms with Crippen molar-refractivity contribution in [2.45, 2.75) is 396 Å². The Labute approximate surface area is 841 Å². The molecule has 67 nitrogen and oxygen atoms in total. The van der Waals surface area contributed by atoms with Crippen LogP contribution in [0.4, 0.5) is 0 Å². The zero-order valence-corrected chi connectivity index (χ0v) is 79.6. The van der Waals surface area contributed by atoms with Crippen LogP contribution in [0.15, 0.2) is 0 Å². The van der Waals surface area contributed by atoms with Gasteiger partial charge in [0.05, 0.1) is 84.9 Å². The fraction of sp³-hybridized carbons (Fsp3) is 0.915. The molecular formula is C82H135N5O62. The molecule has 0 aliphatic carbocycles. The molecule has 67 heteroatoms. The van der Waals surface area contributed by atoms with Gasteiger partial charge in [0.15, 0.2) is 56.6 Å². The van der Waals surface area contributed by atoms with Crippen molar-refractivity contribution in [3.05, 3.63) is 0 Å². The Bertz CT molecular complexity index is 4280. The molecule has 11 rings (SSSR count). The van der Waals surface area contributed by atoms with E-state index in [1.165, 1.54) is 0 Å². The van der Waals surface area contributed by atoms with Gasteiger partial charge in [-0.15, -0.1) is 0 Å². The highest BCUT2D eigenvalue weighted by Gasteiger charge is 2.66. The smallest absolute Gasteiger partial charge is 0.364 e. The molecule has 11 aliphatic heterocycles. The summed E-state index contributed by atoms with van der Waals surface area (Å²) in [6, 6.07) is -10.1. The summed E-state index contributed by atoms with van der Waals surface area (Å²) in [6.45, 7) is -9.44. The number of aliphatic hydroxyl groups excluding tert-OH is 32. The predicted molar refractivity (Wildman–Crippen MR) is 455 cm³/mol. The summed E-state index contributed by atoms with van der Waals surface area (Å²) in [7, 11) is 0. The molecule has 11 heterocycles. The fourth-order valence-corrected chi connectivity index (χ4v) is 19.1. The third kappa shape index (κ3) is 27.2. The van der Waals surface area contributed by atoms with Crippen LogP contribution in [-0.2, 0) is 133 Å². The Morgan fingerprint density at radius 3 is 0.953 bits per heavy atom. The number of aliphatic hydroxyl groups is 32. The molecule has 860 valence electrons. The number of aliphatic carboxylic acids is 2. The highest BCUT2D eigenvalue weighted by Crippen LogP contribution is 2.44. The fourth-order valence-electron chi connectivity index (χ4n) is 19.1. The maximum Gasteiger partial charge on any atom is 0.364 e. The van der Waals surface area contributed by atoms with Gasteiger partial charge in [-0.3, -0.25) is 24.0 Å². The first-order valence-corrected chi connectivity index (χ1v) is 46.9. The zero-order chi connectivity index (χ0) is 110. The summed E-state index contributed by atoms with van der Waals surface area (Å²) < 4.78 is 125. The van der Waals surface area contributed by atoms with E-state index in [2.05, 4.69) is 26.6 Å². The first kappa shape index (κ1) is 123. The number of rotatable bonds is 42. The first-order chi connectivity index (χ1) is 70.2. The Morgan fingerprint density at radius 2 is 0.564 bits per heavy atom. The van der Waals surface area contributed by atoms with Crippen LogP contribution in [0.25, 0.3) is 0 Å². The largest absolute Gasteiger partial charge is 0.477 e. The van der Waals surface area contributed by atoms with E-state index in [9.17, 15) is 207 Å². The van der Waals surface area contributed by atoms with Gasteiger partial charge in [0.2, 0.25) is 29.5 Å². The van der Waals surface area contributed by atoms with Gasteiger partial charge >= 0.3 is 11.9 Å². The SMILES string of the molecule is CC(=O)N[C@@H]1[C@@H](O)[C@H](O[C@@H]2O[C@H](CO)[C@@H](O[C@@H]3O[C@H](CO[C@H]4O[C@H](CO)[C@@H](O)[C@H](O)[C@@H]4O[C@@H]4O[C@H](CO)[C@@H](O[C@@H]5O[C@H](CO)[C@H](O)[C@H](O[C@]6(C(=O)O)C[C@H](O)[C@@H](O)[C@H]([C@H](O)[C@H](O)CO)O6)[C@H]5O)[C@H](O)[C@H]4NC(C)=O)[C@@H](O)[C@H](O[C@H]4O[C@H](CO)[C@@H](O)[C@H](O)[C@@H]4O[C@@H]4O[C@H](CO)[C@@H](O[C@@H]5O[C@H](CO[C@]6(C(=O)O)C[C@H](O)[C@@H](O)[C@H]([C@H](O)[C@H](O)CO)O6)[C@H](O)[C@H](O)[C@H]5NC(C)=O)[C@H](O)[C@H]4NC(C)=O)[C@@H]3O)[C@H](O)[C@H]2NC(C)=O)[C@@H](CO)O[C@H]1O. The Hall–Kier alpha value is -5.83. The molecule has 149 heavy (non-hydrogen) atoms. The lowest BCUT2D eigenvalue weighted by molar-refractivity contribution is -0.399. The van der Waals surface area contributed by atoms with E-state index >= 15 is 0 Å². The van der Waals surface area contributed by atoms with Gasteiger partial charge in [0.1, 0.15) is 268 Å². The van der Waals surface area contributed by atoms with Gasteiger partial charge in [-0.05, 0) is 0 Å². The molecule has 5 amide bonds. The number of ether oxygens (including phenoxy) is 21. The summed E-state index contributed by atoms with van der Waals surface area (Å²) in [5.41, 5.74) is 0. The first-order valence-electron chi connectivity index (χ1n) is 46.9. The average molecular weight is 2180 g/mol. The molecule has 0 unspecified atom stereocenters. The van der Waals surface area contributed by atoms with Crippen LogP contribution in [0.5, 0.6) is 0 Å². The second kappa shape index (κ2) is 53.0. The zero-order valence-electron chi connectivity index (χ0n) is 79.6. The minimum Gasteiger partial charge on any atom is -0.477 e. The molecule has 39 N–H and O–H groups in total. The maximum absolute atomic E-state index is 13.4.